The van der Waals surface area contributed by atoms with E-state index >= 15 is 0 Å². The van der Waals surface area contributed by atoms with Gasteiger partial charge in [0.1, 0.15) is 17.3 Å². The molecule has 1 aliphatic rings. The van der Waals surface area contributed by atoms with Gasteiger partial charge in [-0.05, 0) is 31.2 Å². The van der Waals surface area contributed by atoms with Crippen molar-refractivity contribution in [2.75, 3.05) is 11.9 Å². The lowest BCUT2D eigenvalue weighted by atomic mass is 10.2. The minimum absolute atomic E-state index is 0.799. The van der Waals surface area contributed by atoms with Gasteiger partial charge in [0.25, 0.3) is 0 Å². The second-order valence-corrected chi connectivity index (χ2v) is 5.78. The van der Waals surface area contributed by atoms with Crippen LogP contribution in [0.1, 0.15) is 11.4 Å². The van der Waals surface area contributed by atoms with E-state index in [0.717, 1.165) is 48.2 Å². The molecule has 0 fully saturated rings. The van der Waals surface area contributed by atoms with Crippen molar-refractivity contribution in [1.82, 2.24) is 19.9 Å². The van der Waals surface area contributed by atoms with Crippen LogP contribution in [0.2, 0.25) is 0 Å². The van der Waals surface area contributed by atoms with Gasteiger partial charge in [-0.25, -0.2) is 4.98 Å². The third-order valence-electron chi connectivity index (χ3n) is 4.11. The Labute approximate surface area is 135 Å². The van der Waals surface area contributed by atoms with Gasteiger partial charge in [-0.15, -0.1) is 0 Å². The Balaban J connectivity index is 1.79. The molecule has 0 atom stereocenters. The summed E-state index contributed by atoms with van der Waals surface area (Å²) in [4.78, 5) is 8.95. The molecule has 0 spiro atoms. The van der Waals surface area contributed by atoms with Crippen LogP contribution < -0.4 is 10.6 Å². The highest BCUT2D eigenvalue weighted by Crippen LogP contribution is 2.31. The Morgan fingerprint density at radius 3 is 2.65 bits per heavy atom. The maximum Gasteiger partial charge on any atom is 0.138 e. The van der Waals surface area contributed by atoms with Crippen molar-refractivity contribution in [3.63, 3.8) is 0 Å². The van der Waals surface area contributed by atoms with Crippen LogP contribution in [0, 0.1) is 6.92 Å². The SMILES string of the molecule is Cc1ccc(Nc2c(-c3ccncc3)nc3n2CCNC3)cc1. The standard InChI is InChI=1S/C18H19N5/c1-13-2-4-15(5-3-13)21-18-17(14-6-8-19-9-7-14)22-16-12-20-10-11-23(16)18/h2-9,20-21H,10-12H2,1H3. The van der Waals surface area contributed by atoms with E-state index < -0.39 is 0 Å². The summed E-state index contributed by atoms with van der Waals surface area (Å²) in [6.07, 6.45) is 3.61. The lowest BCUT2D eigenvalue weighted by molar-refractivity contribution is 0.509. The highest BCUT2D eigenvalue weighted by molar-refractivity contribution is 5.76. The zero-order chi connectivity index (χ0) is 15.6. The summed E-state index contributed by atoms with van der Waals surface area (Å²) in [5, 5.41) is 6.94. The van der Waals surface area contributed by atoms with Crippen molar-refractivity contribution in [2.45, 2.75) is 20.0 Å². The number of aryl methyl sites for hydroxylation is 1. The molecule has 2 N–H and O–H groups in total. The van der Waals surface area contributed by atoms with Crippen molar-refractivity contribution in [3.05, 3.63) is 60.2 Å². The van der Waals surface area contributed by atoms with Crippen molar-refractivity contribution in [1.29, 1.82) is 0 Å². The quantitative estimate of drug-likeness (QED) is 0.781. The van der Waals surface area contributed by atoms with Gasteiger partial charge in [0.15, 0.2) is 0 Å². The molecule has 1 aromatic carbocycles. The lowest BCUT2D eigenvalue weighted by Gasteiger charge is -2.18. The summed E-state index contributed by atoms with van der Waals surface area (Å²) in [7, 11) is 0. The molecule has 0 bridgehead atoms. The number of nitrogens with one attached hydrogen (secondary N) is 2. The van der Waals surface area contributed by atoms with Gasteiger partial charge in [0.05, 0.1) is 6.54 Å². The van der Waals surface area contributed by atoms with Crippen molar-refractivity contribution in [2.24, 2.45) is 0 Å². The summed E-state index contributed by atoms with van der Waals surface area (Å²) < 4.78 is 2.27. The average molecular weight is 305 g/mol. The zero-order valence-corrected chi connectivity index (χ0v) is 13.1. The van der Waals surface area contributed by atoms with E-state index in [0.29, 0.717) is 0 Å². The molecular formula is C18H19N5. The predicted octanol–water partition coefficient (Wildman–Crippen LogP) is 3.10. The molecule has 1 aliphatic heterocycles. The monoisotopic (exact) mass is 305 g/mol. The van der Waals surface area contributed by atoms with E-state index in [9.17, 15) is 0 Å². The number of anilines is 2. The Morgan fingerprint density at radius 2 is 1.87 bits per heavy atom. The van der Waals surface area contributed by atoms with Crippen molar-refractivity contribution >= 4 is 11.5 Å². The topological polar surface area (TPSA) is 54.8 Å². The molecule has 5 nitrogen and oxygen atoms in total. The van der Waals surface area contributed by atoms with Crippen LogP contribution in [0.5, 0.6) is 0 Å². The number of hydrogen-bond donors (Lipinski definition) is 2. The van der Waals surface area contributed by atoms with Gasteiger partial charge in [-0.3, -0.25) is 4.98 Å². The normalized spacial score (nSPS) is 13.6. The summed E-state index contributed by atoms with van der Waals surface area (Å²) in [6.45, 7) is 4.77. The fourth-order valence-corrected chi connectivity index (χ4v) is 2.88. The Bertz CT molecular complexity index is 805. The number of rotatable bonds is 3. The second-order valence-electron chi connectivity index (χ2n) is 5.78. The van der Waals surface area contributed by atoms with Crippen LogP contribution in [0.25, 0.3) is 11.3 Å². The highest BCUT2D eigenvalue weighted by Gasteiger charge is 2.20. The van der Waals surface area contributed by atoms with Crippen molar-refractivity contribution in [3.8, 4) is 11.3 Å². The highest BCUT2D eigenvalue weighted by atomic mass is 15.2. The van der Waals surface area contributed by atoms with Crippen LogP contribution in [-0.2, 0) is 13.1 Å². The van der Waals surface area contributed by atoms with Gasteiger partial charge < -0.3 is 15.2 Å². The van der Waals surface area contributed by atoms with Crippen LogP contribution in [-0.4, -0.2) is 21.1 Å². The van der Waals surface area contributed by atoms with Crippen molar-refractivity contribution < 1.29 is 0 Å². The van der Waals surface area contributed by atoms with E-state index in [1.807, 2.05) is 24.5 Å². The first-order chi connectivity index (χ1) is 11.3. The second kappa shape index (κ2) is 5.85. The number of pyridine rings is 1. The molecule has 3 heterocycles. The van der Waals surface area contributed by atoms with Crippen LogP contribution >= 0.6 is 0 Å². The van der Waals surface area contributed by atoms with Gasteiger partial charge >= 0.3 is 0 Å². The molecule has 23 heavy (non-hydrogen) atoms. The van der Waals surface area contributed by atoms with Crippen LogP contribution in [0.15, 0.2) is 48.8 Å². The molecule has 0 amide bonds. The van der Waals surface area contributed by atoms with Crippen LogP contribution in [0.3, 0.4) is 0 Å². The first-order valence-electron chi connectivity index (χ1n) is 7.85. The first-order valence-corrected chi connectivity index (χ1v) is 7.85. The van der Waals surface area contributed by atoms with E-state index in [1.165, 1.54) is 5.56 Å². The number of hydrogen-bond acceptors (Lipinski definition) is 4. The van der Waals surface area contributed by atoms with Gasteiger partial charge in [0.2, 0.25) is 0 Å². The number of aromatic nitrogens is 3. The zero-order valence-electron chi connectivity index (χ0n) is 13.1. The molecule has 3 aromatic rings. The lowest BCUT2D eigenvalue weighted by Crippen LogP contribution is -2.28. The molecule has 2 aromatic heterocycles. The predicted molar refractivity (Wildman–Crippen MR) is 91.6 cm³/mol. The Hall–Kier alpha value is -2.66. The average Bonchev–Trinajstić information content (AvgIpc) is 2.96. The number of nitrogens with zero attached hydrogens (tertiary/aromatic N) is 3. The van der Waals surface area contributed by atoms with E-state index in [4.69, 9.17) is 4.98 Å². The molecule has 0 radical (unpaired) electrons. The molecule has 0 saturated heterocycles. The van der Waals surface area contributed by atoms with E-state index in [2.05, 4.69) is 51.4 Å². The molecule has 4 rings (SSSR count). The summed E-state index contributed by atoms with van der Waals surface area (Å²) >= 11 is 0. The van der Waals surface area contributed by atoms with Crippen LogP contribution in [0.4, 0.5) is 11.5 Å². The fraction of sp³-hybridized carbons (Fsp3) is 0.222. The first kappa shape index (κ1) is 14.0. The molecule has 0 aliphatic carbocycles. The molecule has 116 valence electrons. The summed E-state index contributed by atoms with van der Waals surface area (Å²) in [5.74, 6) is 2.12. The van der Waals surface area contributed by atoms with Gasteiger partial charge in [-0.2, -0.15) is 0 Å². The molecule has 0 unspecified atom stereocenters. The van der Waals surface area contributed by atoms with E-state index in [-0.39, 0.29) is 0 Å². The number of benzene rings is 1. The molecular weight excluding hydrogens is 286 g/mol. The maximum absolute atomic E-state index is 4.84. The Kier molecular flexibility index (Phi) is 3.55. The Morgan fingerprint density at radius 1 is 1.09 bits per heavy atom. The largest absolute Gasteiger partial charge is 0.340 e. The maximum atomic E-state index is 4.84. The number of imidazole rings is 1. The molecule has 5 heteroatoms. The summed E-state index contributed by atoms with van der Waals surface area (Å²) in [6, 6.07) is 12.4. The number of fused-ring (bicyclic) bond motifs is 1. The third-order valence-corrected chi connectivity index (χ3v) is 4.11. The third kappa shape index (κ3) is 2.71. The van der Waals surface area contributed by atoms with Gasteiger partial charge in [0, 0.05) is 36.7 Å². The molecule has 0 saturated carbocycles. The minimum Gasteiger partial charge on any atom is -0.340 e. The fourth-order valence-electron chi connectivity index (χ4n) is 2.88. The minimum atomic E-state index is 0.799. The summed E-state index contributed by atoms with van der Waals surface area (Å²) in [5.41, 5.74) is 4.39. The van der Waals surface area contributed by atoms with Gasteiger partial charge in [-0.1, -0.05) is 17.7 Å². The smallest absolute Gasteiger partial charge is 0.138 e. The van der Waals surface area contributed by atoms with E-state index in [1.54, 1.807) is 0 Å².